The summed E-state index contributed by atoms with van der Waals surface area (Å²) in [6.45, 7) is 3.11. The number of nitrogens with zero attached hydrogens (tertiary/aromatic N) is 4. The average Bonchev–Trinajstić information content (AvgIpc) is 2.38. The van der Waals surface area contributed by atoms with Crippen molar-refractivity contribution >= 4 is 29.3 Å². The van der Waals surface area contributed by atoms with Gasteiger partial charge in [-0.05, 0) is 13.2 Å². The second-order valence-corrected chi connectivity index (χ2v) is 5.05. The molecule has 106 valence electrons. The lowest BCUT2D eigenvalue weighted by Gasteiger charge is -2.21. The van der Waals surface area contributed by atoms with Gasteiger partial charge in [-0.25, -0.2) is 9.97 Å². The number of hydrogen-bond acceptors (Lipinski definition) is 6. The molecule has 0 radical (unpaired) electrons. The molecule has 0 atom stereocenters. The summed E-state index contributed by atoms with van der Waals surface area (Å²) in [6, 6.07) is 1.85. The molecule has 19 heavy (non-hydrogen) atoms. The summed E-state index contributed by atoms with van der Waals surface area (Å²) in [5, 5.41) is 3.86. The van der Waals surface area contributed by atoms with Crippen LogP contribution < -0.4 is 10.2 Å². The lowest BCUT2D eigenvalue weighted by Crippen LogP contribution is -2.34. The van der Waals surface area contributed by atoms with Crippen LogP contribution >= 0.6 is 11.8 Å². The maximum atomic E-state index is 11.7. The predicted molar refractivity (Wildman–Crippen MR) is 79.9 cm³/mol. The number of hydrogen-bond donors (Lipinski definition) is 1. The first kappa shape index (κ1) is 15.6. The Morgan fingerprint density at radius 1 is 1.37 bits per heavy atom. The van der Waals surface area contributed by atoms with Gasteiger partial charge in [0.15, 0.2) is 5.16 Å². The maximum absolute atomic E-state index is 11.7. The molecule has 1 N–H and O–H groups in total. The van der Waals surface area contributed by atoms with Gasteiger partial charge in [-0.2, -0.15) is 0 Å². The molecule has 0 aliphatic rings. The van der Waals surface area contributed by atoms with Crippen molar-refractivity contribution in [3.8, 4) is 0 Å². The average molecular weight is 283 g/mol. The number of anilines is 2. The smallest absolute Gasteiger partial charge is 0.241 e. The Labute approximate surface area is 118 Å². The van der Waals surface area contributed by atoms with Gasteiger partial charge in [0.1, 0.15) is 11.6 Å². The third-order valence-electron chi connectivity index (χ3n) is 2.49. The number of thioether (sulfide) groups is 1. The lowest BCUT2D eigenvalue weighted by atomic mass is 10.4. The van der Waals surface area contributed by atoms with E-state index < -0.39 is 0 Å². The maximum Gasteiger partial charge on any atom is 0.241 e. The normalized spacial score (nSPS) is 10.2. The molecular weight excluding hydrogens is 262 g/mol. The standard InChI is InChI=1S/C12H21N5OS/c1-6-13-9-7-10(15-12(14-9)19-5)17(4)8-11(18)16(2)3/h7H,6,8H2,1-5H3,(H,13,14,15). The zero-order valence-corrected chi connectivity index (χ0v) is 12.9. The fourth-order valence-electron chi connectivity index (χ4n) is 1.40. The van der Waals surface area contributed by atoms with Crippen molar-refractivity contribution in [1.82, 2.24) is 14.9 Å². The highest BCUT2D eigenvalue weighted by molar-refractivity contribution is 7.98. The predicted octanol–water partition coefficient (Wildman–Crippen LogP) is 1.15. The monoisotopic (exact) mass is 283 g/mol. The minimum atomic E-state index is 0.0387. The Morgan fingerprint density at radius 2 is 2.05 bits per heavy atom. The van der Waals surface area contributed by atoms with Gasteiger partial charge in [-0.1, -0.05) is 11.8 Å². The topological polar surface area (TPSA) is 61.4 Å². The van der Waals surface area contributed by atoms with Crippen LogP contribution in [0, 0.1) is 0 Å². The largest absolute Gasteiger partial charge is 0.370 e. The highest BCUT2D eigenvalue weighted by Gasteiger charge is 2.12. The zero-order valence-electron chi connectivity index (χ0n) is 12.1. The second kappa shape index (κ2) is 7.18. The van der Waals surface area contributed by atoms with E-state index in [1.165, 1.54) is 11.8 Å². The molecule has 1 rings (SSSR count). The molecular formula is C12H21N5OS. The molecule has 0 saturated carbocycles. The van der Waals surface area contributed by atoms with E-state index in [2.05, 4.69) is 15.3 Å². The summed E-state index contributed by atoms with van der Waals surface area (Å²) in [7, 11) is 5.34. The Bertz CT molecular complexity index is 438. The third kappa shape index (κ3) is 4.59. The van der Waals surface area contributed by atoms with Crippen molar-refractivity contribution in [2.75, 3.05) is 50.7 Å². The van der Waals surface area contributed by atoms with Gasteiger partial charge in [0.05, 0.1) is 6.54 Å². The Balaban J connectivity index is 2.91. The van der Waals surface area contributed by atoms with E-state index in [0.717, 1.165) is 18.2 Å². The lowest BCUT2D eigenvalue weighted by molar-refractivity contribution is -0.127. The van der Waals surface area contributed by atoms with Crippen LogP contribution in [0.15, 0.2) is 11.2 Å². The van der Waals surface area contributed by atoms with E-state index >= 15 is 0 Å². The van der Waals surface area contributed by atoms with Crippen LogP contribution in [0.5, 0.6) is 0 Å². The van der Waals surface area contributed by atoms with Gasteiger partial charge in [0.2, 0.25) is 5.91 Å². The van der Waals surface area contributed by atoms with Crippen LogP contribution in [0.25, 0.3) is 0 Å². The van der Waals surface area contributed by atoms with Gasteiger partial charge in [-0.3, -0.25) is 4.79 Å². The molecule has 0 bridgehead atoms. The fraction of sp³-hybridized carbons (Fsp3) is 0.583. The van der Waals surface area contributed by atoms with Gasteiger partial charge in [0.25, 0.3) is 0 Å². The van der Waals surface area contributed by atoms with Crippen LogP contribution in [-0.2, 0) is 4.79 Å². The molecule has 1 aromatic heterocycles. The van der Waals surface area contributed by atoms with Gasteiger partial charge in [-0.15, -0.1) is 0 Å². The molecule has 0 saturated heterocycles. The first-order chi connectivity index (χ1) is 8.97. The van der Waals surface area contributed by atoms with E-state index in [4.69, 9.17) is 0 Å². The number of likely N-dealkylation sites (N-methyl/N-ethyl adjacent to an activating group) is 2. The van der Waals surface area contributed by atoms with E-state index in [9.17, 15) is 4.79 Å². The molecule has 0 aliphatic heterocycles. The van der Waals surface area contributed by atoms with Crippen LogP contribution in [0.3, 0.4) is 0 Å². The Kier molecular flexibility index (Phi) is 5.88. The second-order valence-electron chi connectivity index (χ2n) is 4.27. The zero-order chi connectivity index (χ0) is 14.4. The van der Waals surface area contributed by atoms with Gasteiger partial charge < -0.3 is 15.1 Å². The number of nitrogens with one attached hydrogen (secondary N) is 1. The van der Waals surface area contributed by atoms with Gasteiger partial charge >= 0.3 is 0 Å². The number of aromatic nitrogens is 2. The third-order valence-corrected chi connectivity index (χ3v) is 3.04. The highest BCUT2D eigenvalue weighted by atomic mass is 32.2. The number of amides is 1. The Hall–Kier alpha value is -1.50. The first-order valence-electron chi connectivity index (χ1n) is 6.06. The number of rotatable bonds is 6. The summed E-state index contributed by atoms with van der Waals surface area (Å²) < 4.78 is 0. The van der Waals surface area contributed by atoms with Crippen molar-refractivity contribution < 1.29 is 4.79 Å². The molecule has 7 heteroatoms. The van der Waals surface area contributed by atoms with Crippen LogP contribution in [0.1, 0.15) is 6.92 Å². The van der Waals surface area contributed by atoms with Crippen molar-refractivity contribution in [2.45, 2.75) is 12.1 Å². The summed E-state index contributed by atoms with van der Waals surface area (Å²) in [6.07, 6.45) is 1.93. The van der Waals surface area contributed by atoms with E-state index in [0.29, 0.717) is 11.7 Å². The number of carbonyl (C=O) groups excluding carboxylic acids is 1. The summed E-state index contributed by atoms with van der Waals surface area (Å²) >= 11 is 1.48. The minimum absolute atomic E-state index is 0.0387. The van der Waals surface area contributed by atoms with Crippen LogP contribution in [0.4, 0.5) is 11.6 Å². The molecule has 6 nitrogen and oxygen atoms in total. The van der Waals surface area contributed by atoms with Crippen molar-refractivity contribution in [2.24, 2.45) is 0 Å². The first-order valence-corrected chi connectivity index (χ1v) is 7.28. The molecule has 1 heterocycles. The molecule has 1 aromatic rings. The molecule has 0 spiro atoms. The summed E-state index contributed by atoms with van der Waals surface area (Å²) in [5.41, 5.74) is 0. The van der Waals surface area contributed by atoms with Crippen molar-refractivity contribution in [3.63, 3.8) is 0 Å². The summed E-state index contributed by atoms with van der Waals surface area (Å²) in [5.74, 6) is 1.56. The number of carbonyl (C=O) groups is 1. The van der Waals surface area contributed by atoms with Crippen molar-refractivity contribution in [1.29, 1.82) is 0 Å². The Morgan fingerprint density at radius 3 is 2.58 bits per heavy atom. The molecule has 0 aromatic carbocycles. The van der Waals surface area contributed by atoms with Crippen LogP contribution in [-0.4, -0.2) is 61.3 Å². The highest BCUT2D eigenvalue weighted by Crippen LogP contribution is 2.19. The summed E-state index contributed by atoms with van der Waals surface area (Å²) in [4.78, 5) is 23.9. The SMILES string of the molecule is CCNc1cc(N(C)CC(=O)N(C)C)nc(SC)n1. The molecule has 0 aliphatic carbocycles. The quantitative estimate of drug-likeness (QED) is 0.624. The van der Waals surface area contributed by atoms with E-state index in [-0.39, 0.29) is 5.91 Å². The minimum Gasteiger partial charge on any atom is -0.370 e. The van der Waals surface area contributed by atoms with E-state index in [1.54, 1.807) is 19.0 Å². The van der Waals surface area contributed by atoms with Gasteiger partial charge in [0, 0.05) is 33.8 Å². The molecule has 0 fully saturated rings. The molecule has 1 amide bonds. The van der Waals surface area contributed by atoms with E-state index in [1.807, 2.05) is 31.2 Å². The van der Waals surface area contributed by atoms with Crippen LogP contribution in [0.2, 0.25) is 0 Å². The fourth-order valence-corrected chi connectivity index (χ4v) is 1.77. The molecule has 0 unspecified atom stereocenters. The van der Waals surface area contributed by atoms with Crippen molar-refractivity contribution in [3.05, 3.63) is 6.07 Å².